The number of nitrogens with two attached hydrogens (primary N) is 1. The third-order valence-electron chi connectivity index (χ3n) is 2.93. The Labute approximate surface area is 123 Å². The highest BCUT2D eigenvalue weighted by Crippen LogP contribution is 2.27. The molecule has 2 rings (SSSR count). The molecule has 0 fully saturated rings. The van der Waals surface area contributed by atoms with Crippen molar-refractivity contribution in [1.82, 2.24) is 10.1 Å². The molecule has 2 N–H and O–H groups in total. The van der Waals surface area contributed by atoms with Gasteiger partial charge in [0.2, 0.25) is 10.0 Å². The molecule has 0 radical (unpaired) electrons. The standard InChI is InChI=1S/C13H17N3O4S/c1-4-11-15-12(20-16-11)7-19-13-8(2)5-10(6-9(13)3)21(14,17)18/h5-6H,4,7H2,1-3H3,(H2,14,17,18). The van der Waals surface area contributed by atoms with Gasteiger partial charge in [-0.25, -0.2) is 13.6 Å². The Morgan fingerprint density at radius 3 is 2.38 bits per heavy atom. The number of ether oxygens (including phenoxy) is 1. The molecule has 0 aliphatic rings. The van der Waals surface area contributed by atoms with E-state index in [1.54, 1.807) is 13.8 Å². The van der Waals surface area contributed by atoms with E-state index in [0.717, 1.165) is 0 Å². The molecule has 0 aliphatic carbocycles. The van der Waals surface area contributed by atoms with Gasteiger partial charge in [-0.3, -0.25) is 0 Å². The third-order valence-corrected chi connectivity index (χ3v) is 3.82. The first kappa shape index (κ1) is 15.5. The van der Waals surface area contributed by atoms with E-state index in [4.69, 9.17) is 14.4 Å². The van der Waals surface area contributed by atoms with E-state index in [2.05, 4.69) is 10.1 Å². The van der Waals surface area contributed by atoms with Crippen LogP contribution in [-0.4, -0.2) is 18.6 Å². The Morgan fingerprint density at radius 2 is 1.90 bits per heavy atom. The van der Waals surface area contributed by atoms with Crippen LogP contribution in [0.5, 0.6) is 5.75 Å². The molecule has 114 valence electrons. The molecule has 0 saturated heterocycles. The van der Waals surface area contributed by atoms with E-state index >= 15 is 0 Å². The number of hydrogen-bond donors (Lipinski definition) is 1. The van der Waals surface area contributed by atoms with Gasteiger partial charge in [0.1, 0.15) is 5.75 Å². The molecule has 0 saturated carbocycles. The minimum atomic E-state index is -3.73. The number of benzene rings is 1. The smallest absolute Gasteiger partial charge is 0.264 e. The second-order valence-electron chi connectivity index (χ2n) is 4.68. The van der Waals surface area contributed by atoms with Gasteiger partial charge in [-0.15, -0.1) is 0 Å². The fourth-order valence-corrected chi connectivity index (χ4v) is 2.61. The summed E-state index contributed by atoms with van der Waals surface area (Å²) in [5.74, 6) is 1.58. The topological polar surface area (TPSA) is 108 Å². The van der Waals surface area contributed by atoms with Crippen LogP contribution in [0.3, 0.4) is 0 Å². The normalized spacial score (nSPS) is 11.6. The van der Waals surface area contributed by atoms with Crippen molar-refractivity contribution in [2.24, 2.45) is 5.14 Å². The molecule has 0 bridgehead atoms. The zero-order valence-electron chi connectivity index (χ0n) is 12.1. The van der Waals surface area contributed by atoms with Crippen molar-refractivity contribution < 1.29 is 17.7 Å². The molecule has 0 amide bonds. The van der Waals surface area contributed by atoms with Crippen molar-refractivity contribution in [2.75, 3.05) is 0 Å². The largest absolute Gasteiger partial charge is 0.483 e. The minimum absolute atomic E-state index is 0.0657. The Bertz CT molecular complexity index is 730. The highest BCUT2D eigenvalue weighted by Gasteiger charge is 2.14. The summed E-state index contributed by atoms with van der Waals surface area (Å²) in [6.07, 6.45) is 0.685. The predicted molar refractivity (Wildman–Crippen MR) is 75.3 cm³/mol. The van der Waals surface area contributed by atoms with E-state index in [-0.39, 0.29) is 11.5 Å². The first-order valence-electron chi connectivity index (χ1n) is 6.39. The molecule has 21 heavy (non-hydrogen) atoms. The number of primary sulfonamides is 1. The van der Waals surface area contributed by atoms with Crippen molar-refractivity contribution in [3.05, 3.63) is 35.0 Å². The van der Waals surface area contributed by atoms with Crippen molar-refractivity contribution in [3.8, 4) is 5.75 Å². The maximum atomic E-state index is 11.4. The Hall–Kier alpha value is -1.93. The van der Waals surface area contributed by atoms with Gasteiger partial charge in [0.25, 0.3) is 5.89 Å². The number of hydrogen-bond acceptors (Lipinski definition) is 6. The maximum Gasteiger partial charge on any atom is 0.264 e. The fraction of sp³-hybridized carbons (Fsp3) is 0.385. The molecule has 7 nitrogen and oxygen atoms in total. The summed E-state index contributed by atoms with van der Waals surface area (Å²) in [5, 5.41) is 8.90. The van der Waals surface area contributed by atoms with Gasteiger partial charge in [0.05, 0.1) is 4.90 Å². The molecule has 1 aromatic heterocycles. The van der Waals surface area contributed by atoms with Crippen molar-refractivity contribution in [2.45, 2.75) is 38.7 Å². The summed E-state index contributed by atoms with van der Waals surface area (Å²) in [6.45, 7) is 5.56. The Morgan fingerprint density at radius 1 is 1.29 bits per heavy atom. The molecule has 1 aromatic carbocycles. The molecule has 0 aliphatic heterocycles. The zero-order chi connectivity index (χ0) is 15.6. The molecule has 0 atom stereocenters. The Balaban J connectivity index is 2.21. The van der Waals surface area contributed by atoms with E-state index in [0.29, 0.717) is 35.0 Å². The van der Waals surface area contributed by atoms with E-state index < -0.39 is 10.0 Å². The molecule has 8 heteroatoms. The summed E-state index contributed by atoms with van der Waals surface area (Å²) in [6, 6.07) is 2.95. The minimum Gasteiger partial charge on any atom is -0.483 e. The van der Waals surface area contributed by atoms with Crippen molar-refractivity contribution in [1.29, 1.82) is 0 Å². The second kappa shape index (κ2) is 5.82. The highest BCUT2D eigenvalue weighted by molar-refractivity contribution is 7.89. The monoisotopic (exact) mass is 311 g/mol. The first-order chi connectivity index (χ1) is 9.81. The lowest BCUT2D eigenvalue weighted by Gasteiger charge is -2.12. The Kier molecular flexibility index (Phi) is 4.29. The van der Waals surface area contributed by atoms with Gasteiger partial charge in [-0.2, -0.15) is 4.98 Å². The van der Waals surface area contributed by atoms with Gasteiger partial charge in [-0.1, -0.05) is 12.1 Å². The molecule has 2 aromatic rings. The average molecular weight is 311 g/mol. The van der Waals surface area contributed by atoms with Gasteiger partial charge in [0, 0.05) is 6.42 Å². The molecular weight excluding hydrogens is 294 g/mol. The summed E-state index contributed by atoms with van der Waals surface area (Å²) < 4.78 is 33.4. The number of rotatable bonds is 5. The first-order valence-corrected chi connectivity index (χ1v) is 7.94. The summed E-state index contributed by atoms with van der Waals surface area (Å²) >= 11 is 0. The van der Waals surface area contributed by atoms with E-state index in [1.165, 1.54) is 12.1 Å². The maximum absolute atomic E-state index is 11.4. The fourth-order valence-electron chi connectivity index (χ4n) is 1.93. The molecule has 1 heterocycles. The lowest BCUT2D eigenvalue weighted by Crippen LogP contribution is -2.13. The van der Waals surface area contributed by atoms with Crippen LogP contribution in [0.25, 0.3) is 0 Å². The van der Waals surface area contributed by atoms with E-state index in [9.17, 15) is 8.42 Å². The summed E-state index contributed by atoms with van der Waals surface area (Å²) in [7, 11) is -3.73. The lowest BCUT2D eigenvalue weighted by molar-refractivity contribution is 0.240. The highest BCUT2D eigenvalue weighted by atomic mass is 32.2. The SMILES string of the molecule is CCc1noc(COc2c(C)cc(S(N)(=O)=O)cc2C)n1. The van der Waals surface area contributed by atoms with E-state index in [1.807, 2.05) is 6.92 Å². The number of sulfonamides is 1. The molecule has 0 spiro atoms. The number of aryl methyl sites for hydroxylation is 3. The average Bonchev–Trinajstić information content (AvgIpc) is 2.84. The second-order valence-corrected chi connectivity index (χ2v) is 6.24. The van der Waals surface area contributed by atoms with Crippen LogP contribution < -0.4 is 9.88 Å². The van der Waals surface area contributed by atoms with Crippen LogP contribution in [0, 0.1) is 13.8 Å². The molecular formula is C13H17N3O4S. The van der Waals surface area contributed by atoms with Gasteiger partial charge >= 0.3 is 0 Å². The van der Waals surface area contributed by atoms with Crippen molar-refractivity contribution in [3.63, 3.8) is 0 Å². The lowest BCUT2D eigenvalue weighted by atomic mass is 10.1. The summed E-state index contributed by atoms with van der Waals surface area (Å²) in [4.78, 5) is 4.21. The third kappa shape index (κ3) is 3.59. The van der Waals surface area contributed by atoms with Crippen LogP contribution in [0.15, 0.2) is 21.6 Å². The van der Waals surface area contributed by atoms with Gasteiger partial charge in [-0.05, 0) is 37.1 Å². The van der Waals surface area contributed by atoms with Crippen LogP contribution in [0.4, 0.5) is 0 Å². The zero-order valence-corrected chi connectivity index (χ0v) is 12.9. The van der Waals surface area contributed by atoms with Crippen LogP contribution in [0.1, 0.15) is 29.8 Å². The van der Waals surface area contributed by atoms with Crippen LogP contribution in [0.2, 0.25) is 0 Å². The van der Waals surface area contributed by atoms with Gasteiger partial charge in [0.15, 0.2) is 12.4 Å². The van der Waals surface area contributed by atoms with Gasteiger partial charge < -0.3 is 9.26 Å². The van der Waals surface area contributed by atoms with Crippen molar-refractivity contribution >= 4 is 10.0 Å². The number of nitrogens with zero attached hydrogens (tertiary/aromatic N) is 2. The predicted octanol–water partition coefficient (Wildman–Crippen LogP) is 1.48. The quantitative estimate of drug-likeness (QED) is 0.895. The number of aromatic nitrogens is 2. The molecule has 0 unspecified atom stereocenters. The van der Waals surface area contributed by atoms with Crippen LogP contribution in [-0.2, 0) is 23.1 Å². The summed E-state index contributed by atoms with van der Waals surface area (Å²) in [5.41, 5.74) is 1.35. The van der Waals surface area contributed by atoms with Crippen LogP contribution >= 0.6 is 0 Å².